The number of rotatable bonds is 4. The van der Waals surface area contributed by atoms with Crippen molar-refractivity contribution in [1.82, 2.24) is 5.32 Å². The van der Waals surface area contributed by atoms with Gasteiger partial charge in [0.25, 0.3) is 10.0 Å². The van der Waals surface area contributed by atoms with Crippen LogP contribution in [0.3, 0.4) is 0 Å². The van der Waals surface area contributed by atoms with E-state index in [2.05, 4.69) is 31.0 Å². The molecule has 1 aliphatic rings. The van der Waals surface area contributed by atoms with Crippen LogP contribution in [0.15, 0.2) is 62.9 Å². The largest absolute Gasteiger partial charge is 0.370 e. The Morgan fingerprint density at radius 3 is 2.35 bits per heavy atom. The number of aliphatic imine (C=N–C) groups is 1. The van der Waals surface area contributed by atoms with Crippen LogP contribution in [0.5, 0.6) is 0 Å². The first-order valence-electron chi connectivity index (χ1n) is 7.22. The lowest BCUT2D eigenvalue weighted by molar-refractivity contribution is 0.601. The molecular weight excluding hydrogens is 378 g/mol. The fraction of sp³-hybridized carbons (Fsp3) is 0.188. The summed E-state index contributed by atoms with van der Waals surface area (Å²) in [6, 6.07) is 13.7. The Balaban J connectivity index is 1.77. The number of nitrogens with zero attached hydrogens (tertiary/aromatic N) is 1. The average molecular weight is 394 g/mol. The van der Waals surface area contributed by atoms with E-state index in [1.165, 1.54) is 0 Å². The highest BCUT2D eigenvalue weighted by atomic mass is 79.9. The van der Waals surface area contributed by atoms with Crippen LogP contribution in [0, 0.1) is 0 Å². The molecule has 0 saturated carbocycles. The summed E-state index contributed by atoms with van der Waals surface area (Å²) in [6.07, 6.45) is 1.04. The van der Waals surface area contributed by atoms with Gasteiger partial charge in [-0.25, -0.2) is 8.42 Å². The lowest BCUT2D eigenvalue weighted by atomic mass is 10.1. The highest BCUT2D eigenvalue weighted by molar-refractivity contribution is 9.10. The van der Waals surface area contributed by atoms with Crippen LogP contribution in [0.4, 0.5) is 5.69 Å². The zero-order chi connectivity index (χ0) is 16.3. The minimum absolute atomic E-state index is 0.225. The van der Waals surface area contributed by atoms with E-state index in [-0.39, 0.29) is 4.90 Å². The van der Waals surface area contributed by atoms with Crippen molar-refractivity contribution in [3.63, 3.8) is 0 Å². The topological polar surface area (TPSA) is 70.6 Å². The van der Waals surface area contributed by atoms with Gasteiger partial charge in [-0.1, -0.05) is 15.9 Å². The third kappa shape index (κ3) is 3.92. The summed E-state index contributed by atoms with van der Waals surface area (Å²) in [5.74, 6) is 0.860. The summed E-state index contributed by atoms with van der Waals surface area (Å²) in [5, 5.41) is 3.24. The summed E-state index contributed by atoms with van der Waals surface area (Å²) >= 11 is 3.29. The lowest BCUT2D eigenvalue weighted by Crippen LogP contribution is -2.30. The van der Waals surface area contributed by atoms with Crippen molar-refractivity contribution in [1.29, 1.82) is 0 Å². The van der Waals surface area contributed by atoms with Gasteiger partial charge in [0.15, 0.2) is 0 Å². The smallest absolute Gasteiger partial charge is 0.261 e. The van der Waals surface area contributed by atoms with Gasteiger partial charge in [0.2, 0.25) is 0 Å². The quantitative estimate of drug-likeness (QED) is 0.838. The molecule has 0 atom stereocenters. The van der Waals surface area contributed by atoms with E-state index in [0.717, 1.165) is 35.4 Å². The highest BCUT2D eigenvalue weighted by Gasteiger charge is 2.14. The van der Waals surface area contributed by atoms with Crippen LogP contribution < -0.4 is 10.0 Å². The van der Waals surface area contributed by atoms with Gasteiger partial charge in [-0.05, 0) is 55.0 Å². The van der Waals surface area contributed by atoms with Crippen LogP contribution >= 0.6 is 15.9 Å². The van der Waals surface area contributed by atoms with Gasteiger partial charge < -0.3 is 5.32 Å². The molecule has 7 heteroatoms. The van der Waals surface area contributed by atoms with Crippen LogP contribution in [-0.4, -0.2) is 27.3 Å². The normalized spacial score (nSPS) is 14.7. The van der Waals surface area contributed by atoms with Gasteiger partial charge in [0.05, 0.1) is 4.90 Å². The second kappa shape index (κ2) is 6.72. The fourth-order valence-corrected chi connectivity index (χ4v) is 3.57. The molecular formula is C16H16BrN3O2S. The first kappa shape index (κ1) is 16.0. The number of nitrogens with one attached hydrogen (secondary N) is 2. The molecule has 0 aliphatic carbocycles. The monoisotopic (exact) mass is 393 g/mol. The number of amidine groups is 1. The Kier molecular flexibility index (Phi) is 4.68. The van der Waals surface area contributed by atoms with Crippen molar-refractivity contribution < 1.29 is 8.42 Å². The van der Waals surface area contributed by atoms with Crippen molar-refractivity contribution >= 4 is 37.5 Å². The molecule has 2 aromatic carbocycles. The molecule has 0 aromatic heterocycles. The van der Waals surface area contributed by atoms with Crippen molar-refractivity contribution in [2.24, 2.45) is 4.99 Å². The number of halogens is 1. The molecule has 0 bridgehead atoms. The molecule has 0 fully saturated rings. The molecule has 2 N–H and O–H groups in total. The SMILES string of the molecule is O=S(=O)(Nc1ccc(C2=NCCCN2)cc1)c1ccc(Br)cc1. The summed E-state index contributed by atoms with van der Waals surface area (Å²) in [6.45, 7) is 1.73. The van der Waals surface area contributed by atoms with Crippen molar-refractivity contribution in [2.45, 2.75) is 11.3 Å². The minimum Gasteiger partial charge on any atom is -0.370 e. The molecule has 0 unspecified atom stereocenters. The van der Waals surface area contributed by atoms with Crippen LogP contribution in [0.1, 0.15) is 12.0 Å². The van der Waals surface area contributed by atoms with Gasteiger partial charge in [0.1, 0.15) is 5.84 Å². The van der Waals surface area contributed by atoms with E-state index in [1.54, 1.807) is 36.4 Å². The molecule has 0 radical (unpaired) electrons. The predicted octanol–water partition coefficient (Wildman–Crippen LogP) is 2.99. The molecule has 120 valence electrons. The maximum Gasteiger partial charge on any atom is 0.261 e. The number of benzene rings is 2. The highest BCUT2D eigenvalue weighted by Crippen LogP contribution is 2.19. The van der Waals surface area contributed by atoms with E-state index in [0.29, 0.717) is 5.69 Å². The molecule has 0 saturated heterocycles. The molecule has 5 nitrogen and oxygen atoms in total. The van der Waals surface area contributed by atoms with Gasteiger partial charge in [-0.3, -0.25) is 9.71 Å². The lowest BCUT2D eigenvalue weighted by Gasteiger charge is -2.15. The number of sulfonamides is 1. The van der Waals surface area contributed by atoms with Gasteiger partial charge >= 0.3 is 0 Å². The van der Waals surface area contributed by atoms with Gasteiger partial charge in [-0.15, -0.1) is 0 Å². The van der Waals surface area contributed by atoms with Crippen LogP contribution in [0.2, 0.25) is 0 Å². The maximum absolute atomic E-state index is 12.3. The third-order valence-electron chi connectivity index (χ3n) is 3.43. The standard InChI is InChI=1S/C16H16BrN3O2S/c17-13-4-8-15(9-5-13)23(21,22)20-14-6-2-12(3-7-14)16-18-10-1-11-19-16/h2-9,20H,1,10-11H2,(H,18,19). The van der Waals surface area contributed by atoms with E-state index >= 15 is 0 Å². The molecule has 3 rings (SSSR count). The summed E-state index contributed by atoms with van der Waals surface area (Å²) < 4.78 is 28.1. The van der Waals surface area contributed by atoms with Crippen molar-refractivity contribution in [3.8, 4) is 0 Å². The van der Waals surface area contributed by atoms with E-state index in [1.807, 2.05) is 12.1 Å². The van der Waals surface area contributed by atoms with E-state index in [9.17, 15) is 8.42 Å². The Hall–Kier alpha value is -1.86. The second-order valence-electron chi connectivity index (χ2n) is 5.15. The number of hydrogen-bond donors (Lipinski definition) is 2. The van der Waals surface area contributed by atoms with Crippen molar-refractivity contribution in [2.75, 3.05) is 17.8 Å². The average Bonchev–Trinajstić information content (AvgIpc) is 2.56. The molecule has 1 aliphatic heterocycles. The Morgan fingerprint density at radius 2 is 1.74 bits per heavy atom. The molecule has 23 heavy (non-hydrogen) atoms. The first-order valence-corrected chi connectivity index (χ1v) is 9.49. The first-order chi connectivity index (χ1) is 11.0. The maximum atomic E-state index is 12.3. The van der Waals surface area contributed by atoms with Crippen molar-refractivity contribution in [3.05, 3.63) is 58.6 Å². The Labute approximate surface area is 144 Å². The Bertz CT molecular complexity index is 815. The fourth-order valence-electron chi connectivity index (χ4n) is 2.25. The molecule has 0 spiro atoms. The molecule has 1 heterocycles. The van der Waals surface area contributed by atoms with E-state index < -0.39 is 10.0 Å². The second-order valence-corrected chi connectivity index (χ2v) is 7.75. The summed E-state index contributed by atoms with van der Waals surface area (Å²) in [7, 11) is -3.58. The van der Waals surface area contributed by atoms with Crippen LogP contribution in [-0.2, 0) is 10.0 Å². The number of hydrogen-bond acceptors (Lipinski definition) is 4. The van der Waals surface area contributed by atoms with Gasteiger partial charge in [0, 0.05) is 28.8 Å². The third-order valence-corrected chi connectivity index (χ3v) is 5.36. The Morgan fingerprint density at radius 1 is 1.04 bits per heavy atom. The molecule has 0 amide bonds. The zero-order valence-electron chi connectivity index (χ0n) is 12.3. The zero-order valence-corrected chi connectivity index (χ0v) is 14.7. The summed E-state index contributed by atoms with van der Waals surface area (Å²) in [4.78, 5) is 4.65. The summed E-state index contributed by atoms with van der Waals surface area (Å²) in [5.41, 5.74) is 1.48. The van der Waals surface area contributed by atoms with E-state index in [4.69, 9.17) is 0 Å². The predicted molar refractivity (Wildman–Crippen MR) is 95.4 cm³/mol. The number of anilines is 1. The molecule has 2 aromatic rings. The van der Waals surface area contributed by atoms with Crippen LogP contribution in [0.25, 0.3) is 0 Å². The minimum atomic E-state index is -3.58. The van der Waals surface area contributed by atoms with Gasteiger partial charge in [-0.2, -0.15) is 0 Å².